The SMILES string of the molecule is O=C1C=NC(=O)N=C1.O=c1cc[nH]c(=O)[nH]1. The van der Waals surface area contributed by atoms with Gasteiger partial charge in [-0.05, 0) is 0 Å². The lowest BCUT2D eigenvalue weighted by molar-refractivity contribution is -0.106. The van der Waals surface area contributed by atoms with Crippen molar-refractivity contribution in [2.45, 2.75) is 0 Å². The molecule has 1 aromatic rings. The fraction of sp³-hybridized carbons (Fsp3) is 0. The maximum atomic E-state index is 10.2. The molecule has 8 nitrogen and oxygen atoms in total. The van der Waals surface area contributed by atoms with Crippen LogP contribution in [-0.2, 0) is 4.79 Å². The van der Waals surface area contributed by atoms with Crippen molar-refractivity contribution in [1.82, 2.24) is 9.97 Å². The number of rotatable bonds is 0. The van der Waals surface area contributed by atoms with E-state index in [4.69, 9.17) is 0 Å². The van der Waals surface area contributed by atoms with Crippen LogP contribution >= 0.6 is 0 Å². The van der Waals surface area contributed by atoms with Crippen molar-refractivity contribution in [3.8, 4) is 0 Å². The number of nitrogens with zero attached hydrogens (tertiary/aromatic N) is 2. The maximum absolute atomic E-state index is 10.2. The lowest BCUT2D eigenvalue weighted by atomic mass is 10.4. The van der Waals surface area contributed by atoms with Gasteiger partial charge in [0.15, 0.2) is 0 Å². The smallest absolute Gasteiger partial charge is 0.314 e. The third kappa shape index (κ3) is 4.05. The van der Waals surface area contributed by atoms with Crippen LogP contribution in [0.2, 0.25) is 0 Å². The Labute approximate surface area is 87.8 Å². The van der Waals surface area contributed by atoms with Crippen LogP contribution in [-0.4, -0.2) is 34.2 Å². The van der Waals surface area contributed by atoms with E-state index in [0.29, 0.717) is 0 Å². The second kappa shape index (κ2) is 5.29. The molecule has 2 heterocycles. The van der Waals surface area contributed by atoms with Crippen LogP contribution in [0.5, 0.6) is 0 Å². The first kappa shape index (κ1) is 11.4. The average Bonchev–Trinajstić information content (AvgIpc) is 2.23. The molecule has 0 radical (unpaired) electrons. The van der Waals surface area contributed by atoms with Crippen LogP contribution in [0.1, 0.15) is 0 Å². The van der Waals surface area contributed by atoms with Gasteiger partial charge in [0.2, 0.25) is 5.78 Å². The summed E-state index contributed by atoms with van der Waals surface area (Å²) in [6.45, 7) is 0. The lowest BCUT2D eigenvalue weighted by Gasteiger charge is -1.86. The molecule has 8 heteroatoms. The minimum atomic E-state index is -0.621. The van der Waals surface area contributed by atoms with E-state index < -0.39 is 11.7 Å². The van der Waals surface area contributed by atoms with Gasteiger partial charge in [-0.15, -0.1) is 0 Å². The standard InChI is InChI=1S/C4H2N2O2.C4H4N2O2/c7-3-1-5-4(8)6-2-3;7-3-1-2-5-4(8)6-3/h1-2H;1-2H,(H2,5,6,7,8). The number of carbonyl (C=O) groups excluding carboxylic acids is 2. The molecular weight excluding hydrogens is 216 g/mol. The molecule has 0 atom stereocenters. The Hall–Kier alpha value is -2.64. The largest absolute Gasteiger partial charge is 0.367 e. The molecule has 0 fully saturated rings. The van der Waals surface area contributed by atoms with E-state index in [1.807, 2.05) is 4.98 Å². The number of aromatic nitrogens is 2. The van der Waals surface area contributed by atoms with E-state index in [2.05, 4.69) is 15.0 Å². The summed E-state index contributed by atoms with van der Waals surface area (Å²) in [6, 6.07) is 0.617. The van der Waals surface area contributed by atoms with Crippen molar-refractivity contribution < 1.29 is 9.59 Å². The van der Waals surface area contributed by atoms with E-state index >= 15 is 0 Å². The third-order valence-corrected chi connectivity index (χ3v) is 1.29. The van der Waals surface area contributed by atoms with Gasteiger partial charge in [-0.2, -0.15) is 9.98 Å². The van der Waals surface area contributed by atoms with Crippen LogP contribution in [0.4, 0.5) is 4.79 Å². The van der Waals surface area contributed by atoms with Gasteiger partial charge in [0, 0.05) is 12.3 Å². The number of hydrogen-bond donors (Lipinski definition) is 2. The normalized spacial score (nSPS) is 13.2. The van der Waals surface area contributed by atoms with Crippen molar-refractivity contribution in [1.29, 1.82) is 0 Å². The number of aliphatic imine (C=N–C) groups is 2. The second-order valence-electron chi connectivity index (χ2n) is 2.50. The molecule has 0 bridgehead atoms. The molecular formula is C8H6N4O4. The first-order valence-electron chi connectivity index (χ1n) is 4.02. The molecule has 0 spiro atoms. The van der Waals surface area contributed by atoms with Crippen LogP contribution < -0.4 is 11.2 Å². The van der Waals surface area contributed by atoms with Gasteiger partial charge in [-0.3, -0.25) is 14.6 Å². The molecule has 16 heavy (non-hydrogen) atoms. The van der Waals surface area contributed by atoms with Crippen LogP contribution in [0.3, 0.4) is 0 Å². The highest BCUT2D eigenvalue weighted by molar-refractivity contribution is 6.55. The Balaban J connectivity index is 0.000000160. The number of ketones is 1. The lowest BCUT2D eigenvalue weighted by Crippen LogP contribution is -2.19. The number of hydrogen-bond acceptors (Lipinski definition) is 4. The Kier molecular flexibility index (Phi) is 3.78. The van der Waals surface area contributed by atoms with E-state index in [1.54, 1.807) is 0 Å². The summed E-state index contributed by atoms with van der Waals surface area (Å²) in [7, 11) is 0. The highest BCUT2D eigenvalue weighted by Crippen LogP contribution is 1.83. The van der Waals surface area contributed by atoms with Crippen LogP contribution in [0.25, 0.3) is 0 Å². The topological polar surface area (TPSA) is 125 Å². The van der Waals surface area contributed by atoms with Gasteiger partial charge in [0.1, 0.15) is 0 Å². The fourth-order valence-electron chi connectivity index (χ4n) is 0.687. The Morgan fingerprint density at radius 1 is 1.00 bits per heavy atom. The molecule has 0 unspecified atom stereocenters. The summed E-state index contributed by atoms with van der Waals surface area (Å²) in [5.74, 6) is -0.343. The number of carbonyl (C=O) groups is 2. The number of nitrogens with one attached hydrogen (secondary N) is 2. The van der Waals surface area contributed by atoms with Gasteiger partial charge >= 0.3 is 11.7 Å². The van der Waals surface area contributed by atoms with E-state index in [-0.39, 0.29) is 11.3 Å². The molecule has 0 saturated carbocycles. The molecule has 0 aromatic carbocycles. The number of amides is 2. The zero-order valence-electron chi connectivity index (χ0n) is 7.84. The minimum absolute atomic E-state index is 0.343. The van der Waals surface area contributed by atoms with E-state index in [9.17, 15) is 19.2 Å². The molecule has 1 aliphatic rings. The summed E-state index contributed by atoms with van der Waals surface area (Å²) in [5.41, 5.74) is -0.855. The minimum Gasteiger partial charge on any atom is -0.314 e. The molecule has 0 aliphatic carbocycles. The number of Topliss-reactive ketones (excluding diaryl/α,β-unsaturated/α-hetero) is 1. The summed E-state index contributed by atoms with van der Waals surface area (Å²) < 4.78 is 0. The third-order valence-electron chi connectivity index (χ3n) is 1.29. The quantitative estimate of drug-likeness (QED) is 0.577. The fourth-order valence-corrected chi connectivity index (χ4v) is 0.687. The van der Waals surface area contributed by atoms with E-state index in [1.165, 1.54) is 12.3 Å². The highest BCUT2D eigenvalue weighted by atomic mass is 16.2. The highest BCUT2D eigenvalue weighted by Gasteiger charge is 2.00. The molecule has 2 amide bonds. The van der Waals surface area contributed by atoms with E-state index in [0.717, 1.165) is 12.4 Å². The molecule has 1 aliphatic heterocycles. The van der Waals surface area contributed by atoms with Crippen molar-refractivity contribution in [2.24, 2.45) is 9.98 Å². The summed E-state index contributed by atoms with van der Waals surface area (Å²) in [5, 5.41) is 0. The Bertz CT molecular complexity index is 502. The molecule has 1 aromatic heterocycles. The predicted octanol–water partition coefficient (Wildman–Crippen LogP) is -1.11. The van der Waals surface area contributed by atoms with Gasteiger partial charge < -0.3 is 4.98 Å². The first-order valence-corrected chi connectivity index (χ1v) is 4.02. The second-order valence-corrected chi connectivity index (χ2v) is 2.50. The summed E-state index contributed by atoms with van der Waals surface area (Å²) >= 11 is 0. The predicted molar refractivity (Wildman–Crippen MR) is 55.1 cm³/mol. The first-order chi connectivity index (χ1) is 7.58. The van der Waals surface area contributed by atoms with Crippen LogP contribution in [0, 0.1) is 0 Å². The zero-order chi connectivity index (χ0) is 12.0. The van der Waals surface area contributed by atoms with Gasteiger partial charge in [0.25, 0.3) is 5.56 Å². The zero-order valence-corrected chi connectivity index (χ0v) is 7.84. The van der Waals surface area contributed by atoms with Crippen molar-refractivity contribution in [3.63, 3.8) is 0 Å². The Morgan fingerprint density at radius 2 is 1.62 bits per heavy atom. The molecule has 2 N–H and O–H groups in total. The van der Waals surface area contributed by atoms with Gasteiger partial charge in [0.05, 0.1) is 12.4 Å². The van der Waals surface area contributed by atoms with Crippen molar-refractivity contribution >= 4 is 24.2 Å². The van der Waals surface area contributed by atoms with Gasteiger partial charge in [-0.1, -0.05) is 0 Å². The molecule has 0 saturated heterocycles. The average molecular weight is 222 g/mol. The number of urea groups is 1. The summed E-state index contributed by atoms with van der Waals surface area (Å²) in [4.78, 5) is 51.1. The monoisotopic (exact) mass is 222 g/mol. The van der Waals surface area contributed by atoms with Crippen molar-refractivity contribution in [3.05, 3.63) is 33.1 Å². The van der Waals surface area contributed by atoms with Gasteiger partial charge in [-0.25, -0.2) is 9.59 Å². The number of H-pyrrole nitrogens is 2. The maximum Gasteiger partial charge on any atom is 0.367 e. The Morgan fingerprint density at radius 3 is 2.00 bits per heavy atom. The molecule has 2 rings (SSSR count). The summed E-state index contributed by atoms with van der Waals surface area (Å²) in [6.07, 6.45) is 3.17. The molecule has 82 valence electrons. The van der Waals surface area contributed by atoms with Crippen molar-refractivity contribution in [2.75, 3.05) is 0 Å². The van der Waals surface area contributed by atoms with Crippen LogP contribution in [0.15, 0.2) is 31.8 Å². The number of aromatic amines is 2.